The highest BCUT2D eigenvalue weighted by Gasteiger charge is 2.15. The van der Waals surface area contributed by atoms with Gasteiger partial charge in [0, 0.05) is 19.1 Å². The third kappa shape index (κ3) is 5.14. The van der Waals surface area contributed by atoms with Crippen molar-refractivity contribution in [1.82, 2.24) is 4.90 Å². The van der Waals surface area contributed by atoms with Gasteiger partial charge in [0.2, 0.25) is 0 Å². The number of likely N-dealkylation sites (tertiary alicyclic amines) is 1. The summed E-state index contributed by atoms with van der Waals surface area (Å²) >= 11 is 0. The molecule has 0 radical (unpaired) electrons. The first kappa shape index (κ1) is 14.9. The van der Waals surface area contributed by atoms with E-state index in [0.29, 0.717) is 6.54 Å². The molecule has 1 saturated heterocycles. The van der Waals surface area contributed by atoms with Crippen LogP contribution in [0.25, 0.3) is 0 Å². The van der Waals surface area contributed by atoms with E-state index in [2.05, 4.69) is 4.90 Å². The maximum atomic E-state index is 11.8. The van der Waals surface area contributed by atoms with Crippen LogP contribution in [0.2, 0.25) is 0 Å². The summed E-state index contributed by atoms with van der Waals surface area (Å²) in [5.74, 6) is 0. The first-order valence-corrected chi connectivity index (χ1v) is 3.87. The fourth-order valence-electron chi connectivity index (χ4n) is 1.41. The summed E-state index contributed by atoms with van der Waals surface area (Å²) in [7, 11) is 0. The highest BCUT2D eigenvalue weighted by molar-refractivity contribution is 5.85. The van der Waals surface area contributed by atoms with Crippen molar-refractivity contribution in [3.05, 3.63) is 0 Å². The van der Waals surface area contributed by atoms with Gasteiger partial charge in [0.05, 0.1) is 0 Å². The molecule has 0 bridgehead atoms. The van der Waals surface area contributed by atoms with Gasteiger partial charge in [0.15, 0.2) is 0 Å². The van der Waals surface area contributed by atoms with E-state index in [4.69, 9.17) is 5.73 Å². The fourth-order valence-corrected chi connectivity index (χ4v) is 1.41. The molecule has 0 aromatic heterocycles. The second kappa shape index (κ2) is 8.05. The first-order valence-electron chi connectivity index (χ1n) is 3.87. The zero-order chi connectivity index (χ0) is 7.40. The smallest absolute Gasteiger partial charge is 0.102 e. The lowest BCUT2D eigenvalue weighted by Gasteiger charge is -2.29. The van der Waals surface area contributed by atoms with Gasteiger partial charge in [-0.3, -0.25) is 4.90 Å². The normalized spacial score (nSPS) is 24.0. The largest absolute Gasteiger partial charge is 0.327 e. The van der Waals surface area contributed by atoms with Gasteiger partial charge in [-0.2, -0.15) is 0 Å². The van der Waals surface area contributed by atoms with Crippen LogP contribution in [0.4, 0.5) is 4.39 Å². The van der Waals surface area contributed by atoms with E-state index in [1.54, 1.807) is 0 Å². The van der Waals surface area contributed by atoms with Gasteiger partial charge in [-0.25, -0.2) is 4.39 Å². The molecule has 1 fully saturated rings. The molecule has 1 heterocycles. The van der Waals surface area contributed by atoms with Crippen molar-refractivity contribution in [2.45, 2.75) is 18.9 Å². The second-order valence-electron chi connectivity index (χ2n) is 2.89. The molecule has 1 rings (SSSR count). The minimum absolute atomic E-state index is 0. The summed E-state index contributed by atoms with van der Waals surface area (Å²) in [4.78, 5) is 2.09. The Labute approximate surface area is 85.5 Å². The van der Waals surface area contributed by atoms with Crippen molar-refractivity contribution in [3.8, 4) is 0 Å². The zero-order valence-corrected chi connectivity index (χ0v) is 8.67. The Morgan fingerprint density at radius 3 is 2.58 bits per heavy atom. The van der Waals surface area contributed by atoms with Crippen LogP contribution < -0.4 is 5.73 Å². The number of piperidine rings is 1. The highest BCUT2D eigenvalue weighted by atomic mass is 35.5. The summed E-state index contributed by atoms with van der Waals surface area (Å²) in [5.41, 5.74) is 5.69. The maximum absolute atomic E-state index is 11.8. The van der Waals surface area contributed by atoms with Crippen molar-refractivity contribution in [1.29, 1.82) is 0 Å². The molecule has 0 aromatic rings. The quantitative estimate of drug-likeness (QED) is 0.756. The van der Waals surface area contributed by atoms with Crippen LogP contribution in [0.1, 0.15) is 12.8 Å². The Bertz CT molecular complexity index is 103. The van der Waals surface area contributed by atoms with E-state index in [1.807, 2.05) is 0 Å². The van der Waals surface area contributed by atoms with Gasteiger partial charge in [-0.1, -0.05) is 0 Å². The summed E-state index contributed by atoms with van der Waals surface area (Å²) in [6.07, 6.45) is 2.23. The average Bonchev–Trinajstić information content (AvgIpc) is 1.88. The molecule has 5 heteroatoms. The number of rotatable bonds is 2. The van der Waals surface area contributed by atoms with Crippen molar-refractivity contribution in [2.24, 2.45) is 5.73 Å². The molecule has 1 aliphatic heterocycles. The molecule has 1 aliphatic rings. The number of alkyl halides is 1. The minimum atomic E-state index is -0.243. The van der Waals surface area contributed by atoms with Crippen molar-refractivity contribution in [2.75, 3.05) is 26.3 Å². The van der Waals surface area contributed by atoms with Crippen LogP contribution in [0.3, 0.4) is 0 Å². The van der Waals surface area contributed by atoms with E-state index in [1.165, 1.54) is 0 Å². The molecule has 0 amide bonds. The molecular weight excluding hydrogens is 202 g/mol. The Hall–Kier alpha value is 0.430. The fraction of sp³-hybridized carbons (Fsp3) is 1.00. The lowest BCUT2D eigenvalue weighted by Crippen LogP contribution is -2.43. The lowest BCUT2D eigenvalue weighted by atomic mass is 10.1. The van der Waals surface area contributed by atoms with Gasteiger partial charge in [0.25, 0.3) is 0 Å². The van der Waals surface area contributed by atoms with Gasteiger partial charge < -0.3 is 5.73 Å². The summed E-state index contributed by atoms with van der Waals surface area (Å²) < 4.78 is 11.8. The predicted octanol–water partition coefficient (Wildman–Crippen LogP) is 1.22. The third-order valence-corrected chi connectivity index (χ3v) is 1.94. The average molecular weight is 219 g/mol. The topological polar surface area (TPSA) is 29.3 Å². The van der Waals surface area contributed by atoms with Gasteiger partial charge in [-0.05, 0) is 19.4 Å². The third-order valence-electron chi connectivity index (χ3n) is 1.94. The molecule has 76 valence electrons. The van der Waals surface area contributed by atoms with E-state index in [9.17, 15) is 4.39 Å². The van der Waals surface area contributed by atoms with Crippen LogP contribution in [-0.4, -0.2) is 37.3 Å². The lowest BCUT2D eigenvalue weighted by molar-refractivity contribution is 0.194. The molecule has 1 atom stereocenters. The van der Waals surface area contributed by atoms with Crippen LogP contribution in [0.5, 0.6) is 0 Å². The molecule has 12 heavy (non-hydrogen) atoms. The molecular formula is C7H17Cl2FN2. The monoisotopic (exact) mass is 218 g/mol. The van der Waals surface area contributed by atoms with Crippen LogP contribution in [0.15, 0.2) is 0 Å². The Balaban J connectivity index is 0. The first-order chi connectivity index (χ1) is 4.83. The highest BCUT2D eigenvalue weighted by Crippen LogP contribution is 2.06. The number of hydrogen-bond donors (Lipinski definition) is 1. The standard InChI is InChI=1S/C7H15FN2.2ClH/c8-3-5-10-4-1-2-7(9)6-10;;/h7H,1-6,9H2;2*1H/t7-;;/m0../s1. The SMILES string of the molecule is Cl.Cl.N[C@H]1CCCN(CCF)C1. The second-order valence-corrected chi connectivity index (χ2v) is 2.89. The molecule has 0 spiro atoms. The molecule has 0 aromatic carbocycles. The minimum Gasteiger partial charge on any atom is -0.327 e. The Morgan fingerprint density at radius 2 is 2.08 bits per heavy atom. The number of hydrogen-bond acceptors (Lipinski definition) is 2. The number of halogens is 3. The summed E-state index contributed by atoms with van der Waals surface area (Å²) in [5, 5.41) is 0. The summed E-state index contributed by atoms with van der Waals surface area (Å²) in [6.45, 7) is 2.22. The molecule has 2 nitrogen and oxygen atoms in total. The van der Waals surface area contributed by atoms with E-state index < -0.39 is 0 Å². The van der Waals surface area contributed by atoms with E-state index in [0.717, 1.165) is 25.9 Å². The van der Waals surface area contributed by atoms with Gasteiger partial charge in [-0.15, -0.1) is 24.8 Å². The molecule has 2 N–H and O–H groups in total. The van der Waals surface area contributed by atoms with Crippen LogP contribution in [-0.2, 0) is 0 Å². The predicted molar refractivity (Wildman–Crippen MR) is 54.1 cm³/mol. The zero-order valence-electron chi connectivity index (χ0n) is 7.04. The van der Waals surface area contributed by atoms with Gasteiger partial charge in [0.1, 0.15) is 6.67 Å². The Morgan fingerprint density at radius 1 is 1.42 bits per heavy atom. The van der Waals surface area contributed by atoms with E-state index in [-0.39, 0.29) is 37.5 Å². The summed E-state index contributed by atoms with van der Waals surface area (Å²) in [6, 6.07) is 0.278. The maximum Gasteiger partial charge on any atom is 0.102 e. The van der Waals surface area contributed by atoms with Crippen molar-refractivity contribution >= 4 is 24.8 Å². The number of nitrogens with two attached hydrogens (primary N) is 1. The molecule has 0 unspecified atom stereocenters. The van der Waals surface area contributed by atoms with Crippen LogP contribution in [0, 0.1) is 0 Å². The van der Waals surface area contributed by atoms with Gasteiger partial charge >= 0.3 is 0 Å². The van der Waals surface area contributed by atoms with Crippen molar-refractivity contribution in [3.63, 3.8) is 0 Å². The number of nitrogens with zero attached hydrogens (tertiary/aromatic N) is 1. The van der Waals surface area contributed by atoms with E-state index >= 15 is 0 Å². The van der Waals surface area contributed by atoms with Crippen molar-refractivity contribution < 1.29 is 4.39 Å². The molecule has 0 aliphatic carbocycles. The van der Waals surface area contributed by atoms with Crippen LogP contribution >= 0.6 is 24.8 Å². The molecule has 0 saturated carbocycles. The Kier molecular flexibility index (Phi) is 10.0.